The van der Waals surface area contributed by atoms with Gasteiger partial charge < -0.3 is 36.6 Å². The van der Waals surface area contributed by atoms with Gasteiger partial charge in [0.25, 0.3) is 5.91 Å². The van der Waals surface area contributed by atoms with Gasteiger partial charge in [-0.3, -0.25) is 19.2 Å². The van der Waals surface area contributed by atoms with Gasteiger partial charge in [-0.25, -0.2) is 0 Å². The molecule has 1 aromatic carbocycles. The Balaban J connectivity index is 2.31. The summed E-state index contributed by atoms with van der Waals surface area (Å²) < 4.78 is 5.40. The standard InChI is InChI=1S/C29H48N6O6/c1-21(2)18-26(31-4)29(39)35-25(27(30)37)12-5-6-13-33-28(38)24-11-9-10-23(19-24)20-41-34-14-7-8-16-40-17-15-32-22(3)36/h9-11,14,19,21,25-26,31H,5-8,12-13,15-18,20H2,1-4H3,(H2,30,37)(H,32,36)(H,33,38)(H,35,39)/b34-14-/t25-,26-/m0/s1. The van der Waals surface area contributed by atoms with Crippen LogP contribution in [0.4, 0.5) is 0 Å². The summed E-state index contributed by atoms with van der Waals surface area (Å²) in [6.07, 6.45) is 5.45. The van der Waals surface area contributed by atoms with Crippen LogP contribution in [-0.2, 0) is 30.6 Å². The molecular formula is C29H48N6O6. The third kappa shape index (κ3) is 17.0. The third-order valence-corrected chi connectivity index (χ3v) is 6.05. The molecule has 0 heterocycles. The predicted molar refractivity (Wildman–Crippen MR) is 158 cm³/mol. The minimum absolute atomic E-state index is 0.0733. The zero-order valence-electron chi connectivity index (χ0n) is 24.9. The lowest BCUT2D eigenvalue weighted by atomic mass is 10.0. The van der Waals surface area contributed by atoms with E-state index >= 15 is 0 Å². The van der Waals surface area contributed by atoms with E-state index in [0.29, 0.717) is 69.9 Å². The Bertz CT molecular complexity index is 971. The maximum Gasteiger partial charge on any atom is 0.251 e. The summed E-state index contributed by atoms with van der Waals surface area (Å²) in [5.41, 5.74) is 6.82. The van der Waals surface area contributed by atoms with Crippen molar-refractivity contribution in [1.29, 1.82) is 0 Å². The highest BCUT2D eigenvalue weighted by Crippen LogP contribution is 2.09. The van der Waals surface area contributed by atoms with Crippen LogP contribution in [0.25, 0.3) is 0 Å². The number of nitrogens with two attached hydrogens (primary N) is 1. The molecule has 1 aromatic rings. The van der Waals surface area contributed by atoms with Gasteiger partial charge >= 0.3 is 0 Å². The largest absolute Gasteiger partial charge is 0.391 e. The maximum absolute atomic E-state index is 12.6. The van der Waals surface area contributed by atoms with Gasteiger partial charge in [0.1, 0.15) is 12.6 Å². The van der Waals surface area contributed by atoms with Crippen LogP contribution >= 0.6 is 0 Å². The highest BCUT2D eigenvalue weighted by Gasteiger charge is 2.23. The second-order valence-corrected chi connectivity index (χ2v) is 10.2. The molecule has 230 valence electrons. The van der Waals surface area contributed by atoms with Gasteiger partial charge in [0.15, 0.2) is 0 Å². The van der Waals surface area contributed by atoms with E-state index in [1.165, 1.54) is 6.92 Å². The molecule has 0 aliphatic carbocycles. The van der Waals surface area contributed by atoms with E-state index in [4.69, 9.17) is 15.3 Å². The molecule has 0 spiro atoms. The first kappa shape index (κ1) is 35.5. The van der Waals surface area contributed by atoms with Gasteiger partial charge in [0.2, 0.25) is 17.7 Å². The van der Waals surface area contributed by atoms with Gasteiger partial charge in [0.05, 0.1) is 12.6 Å². The molecule has 0 radical (unpaired) electrons. The number of likely N-dealkylation sites (N-methyl/N-ethyl adjacent to an activating group) is 1. The Kier molecular flexibility index (Phi) is 18.4. The molecule has 41 heavy (non-hydrogen) atoms. The van der Waals surface area contributed by atoms with Crippen molar-refractivity contribution in [1.82, 2.24) is 21.3 Å². The van der Waals surface area contributed by atoms with Gasteiger partial charge in [-0.15, -0.1) is 0 Å². The second kappa shape index (κ2) is 21.3. The monoisotopic (exact) mass is 576 g/mol. The molecule has 6 N–H and O–H groups in total. The summed E-state index contributed by atoms with van der Waals surface area (Å²) in [4.78, 5) is 53.0. The van der Waals surface area contributed by atoms with E-state index in [9.17, 15) is 19.2 Å². The van der Waals surface area contributed by atoms with Crippen molar-refractivity contribution in [2.45, 2.75) is 78.0 Å². The fourth-order valence-corrected chi connectivity index (χ4v) is 3.86. The number of primary amides is 1. The number of hydrogen-bond donors (Lipinski definition) is 5. The number of benzene rings is 1. The predicted octanol–water partition coefficient (Wildman–Crippen LogP) is 1.63. The van der Waals surface area contributed by atoms with Gasteiger partial charge in [-0.1, -0.05) is 31.1 Å². The fraction of sp³-hybridized carbons (Fsp3) is 0.621. The van der Waals surface area contributed by atoms with Gasteiger partial charge in [-0.2, -0.15) is 0 Å². The third-order valence-electron chi connectivity index (χ3n) is 6.05. The fourth-order valence-electron chi connectivity index (χ4n) is 3.86. The molecule has 12 heteroatoms. The average Bonchev–Trinajstić information content (AvgIpc) is 2.93. The molecule has 0 bridgehead atoms. The van der Waals surface area contributed by atoms with Crippen LogP contribution in [0.15, 0.2) is 29.4 Å². The number of rotatable bonds is 22. The zero-order valence-corrected chi connectivity index (χ0v) is 24.9. The van der Waals surface area contributed by atoms with Crippen LogP contribution in [0.3, 0.4) is 0 Å². The van der Waals surface area contributed by atoms with E-state index in [2.05, 4.69) is 26.4 Å². The Morgan fingerprint density at radius 3 is 2.49 bits per heavy atom. The number of nitrogens with one attached hydrogen (secondary N) is 4. The van der Waals surface area contributed by atoms with Crippen molar-refractivity contribution < 1.29 is 28.8 Å². The van der Waals surface area contributed by atoms with Crippen LogP contribution in [0.1, 0.15) is 75.2 Å². The van der Waals surface area contributed by atoms with Crippen molar-refractivity contribution in [3.63, 3.8) is 0 Å². The maximum atomic E-state index is 12.6. The van der Waals surface area contributed by atoms with E-state index in [1.807, 2.05) is 19.9 Å². The first-order valence-electron chi connectivity index (χ1n) is 14.2. The highest BCUT2D eigenvalue weighted by molar-refractivity contribution is 5.94. The molecular weight excluding hydrogens is 528 g/mol. The number of hydrogen-bond acceptors (Lipinski definition) is 8. The molecule has 2 atom stereocenters. The summed E-state index contributed by atoms with van der Waals surface area (Å²) in [5, 5.41) is 15.2. The summed E-state index contributed by atoms with van der Waals surface area (Å²) in [5.74, 6) is -0.773. The van der Waals surface area contributed by atoms with E-state index in [-0.39, 0.29) is 30.4 Å². The van der Waals surface area contributed by atoms with Gasteiger partial charge in [0, 0.05) is 38.4 Å². The summed E-state index contributed by atoms with van der Waals surface area (Å²) in [6, 6.07) is 5.97. The lowest BCUT2D eigenvalue weighted by molar-refractivity contribution is -0.129. The number of unbranched alkanes of at least 4 members (excludes halogenated alkanes) is 2. The molecule has 0 fully saturated rings. The van der Waals surface area contributed by atoms with E-state index in [1.54, 1.807) is 31.5 Å². The van der Waals surface area contributed by atoms with Crippen molar-refractivity contribution in [3.8, 4) is 0 Å². The quantitative estimate of drug-likeness (QED) is 0.0792. The molecule has 1 rings (SSSR count). The molecule has 0 saturated carbocycles. The van der Waals surface area contributed by atoms with Crippen molar-refractivity contribution in [2.75, 3.05) is 33.4 Å². The van der Waals surface area contributed by atoms with E-state index < -0.39 is 11.9 Å². The zero-order chi connectivity index (χ0) is 30.5. The Morgan fingerprint density at radius 1 is 1.02 bits per heavy atom. The van der Waals surface area contributed by atoms with Crippen molar-refractivity contribution in [3.05, 3.63) is 35.4 Å². The van der Waals surface area contributed by atoms with Crippen molar-refractivity contribution >= 4 is 29.8 Å². The number of nitrogens with zero attached hydrogens (tertiary/aromatic N) is 1. The molecule has 0 aliphatic heterocycles. The molecule has 0 aliphatic rings. The molecule has 0 saturated heterocycles. The number of amides is 4. The number of carbonyl (C=O) groups excluding carboxylic acids is 4. The normalized spacial score (nSPS) is 12.6. The average molecular weight is 577 g/mol. The number of oxime groups is 1. The minimum Gasteiger partial charge on any atom is -0.391 e. The molecule has 0 aromatic heterocycles. The summed E-state index contributed by atoms with van der Waals surface area (Å²) in [7, 11) is 1.71. The Labute approximate surface area is 243 Å². The first-order valence-corrected chi connectivity index (χ1v) is 14.2. The van der Waals surface area contributed by atoms with Crippen LogP contribution in [0, 0.1) is 5.92 Å². The SMILES string of the molecule is CN[C@@H](CC(C)C)C(=O)N[C@@H](CCCCNC(=O)c1cccc(CO/N=C\CCCOCCNC(C)=O)c1)C(N)=O. The topological polar surface area (TPSA) is 173 Å². The van der Waals surface area contributed by atoms with Crippen LogP contribution in [-0.4, -0.2) is 75.3 Å². The Morgan fingerprint density at radius 2 is 1.80 bits per heavy atom. The highest BCUT2D eigenvalue weighted by atomic mass is 16.6. The summed E-state index contributed by atoms with van der Waals surface area (Å²) in [6.45, 7) is 7.72. The second-order valence-electron chi connectivity index (χ2n) is 10.2. The van der Waals surface area contributed by atoms with Gasteiger partial charge in [-0.05, 0) is 69.2 Å². The van der Waals surface area contributed by atoms with Crippen LogP contribution < -0.4 is 27.0 Å². The van der Waals surface area contributed by atoms with E-state index in [0.717, 1.165) is 12.0 Å². The minimum atomic E-state index is -0.755. The number of ether oxygens (including phenoxy) is 1. The number of carbonyl (C=O) groups is 4. The molecule has 4 amide bonds. The molecule has 0 unspecified atom stereocenters. The lowest BCUT2D eigenvalue weighted by Crippen LogP contribution is -2.51. The first-order chi connectivity index (χ1) is 19.6. The van der Waals surface area contributed by atoms with Crippen LogP contribution in [0.5, 0.6) is 0 Å². The van der Waals surface area contributed by atoms with Crippen LogP contribution in [0.2, 0.25) is 0 Å². The Hall–Kier alpha value is -3.51. The molecule has 12 nitrogen and oxygen atoms in total. The van der Waals surface area contributed by atoms with Crippen molar-refractivity contribution in [2.24, 2.45) is 16.8 Å². The lowest BCUT2D eigenvalue weighted by Gasteiger charge is -2.21. The summed E-state index contributed by atoms with van der Waals surface area (Å²) >= 11 is 0. The smallest absolute Gasteiger partial charge is 0.251 e.